The number of allylic oxidation sites excluding steroid dienone is 6. The van der Waals surface area contributed by atoms with Gasteiger partial charge in [-0.05, 0) is 93.7 Å². The maximum absolute atomic E-state index is 14.6. The van der Waals surface area contributed by atoms with Gasteiger partial charge in [-0.1, -0.05) is 73.9 Å². The van der Waals surface area contributed by atoms with Crippen molar-refractivity contribution >= 4 is 9.84 Å². The first-order chi connectivity index (χ1) is 16.8. The van der Waals surface area contributed by atoms with Gasteiger partial charge >= 0.3 is 0 Å². The minimum atomic E-state index is -4.06. The Labute approximate surface area is 211 Å². The van der Waals surface area contributed by atoms with E-state index in [-0.39, 0.29) is 16.4 Å². The van der Waals surface area contributed by atoms with E-state index in [1.54, 1.807) is 18.2 Å². The fourth-order valence-electron chi connectivity index (χ4n) is 5.90. The molecular weight excluding hydrogens is 459 g/mol. The fraction of sp³-hybridized carbons (Fsp3) is 0.533. The van der Waals surface area contributed by atoms with Crippen LogP contribution in [-0.4, -0.2) is 19.6 Å². The molecule has 0 radical (unpaired) electrons. The van der Waals surface area contributed by atoms with E-state index in [1.807, 2.05) is 13.8 Å². The van der Waals surface area contributed by atoms with Gasteiger partial charge in [0.05, 0.1) is 11.0 Å². The normalized spacial score (nSPS) is 29.4. The number of aliphatic hydroxyl groups excluding tert-OH is 1. The zero-order valence-electron chi connectivity index (χ0n) is 21.5. The van der Waals surface area contributed by atoms with Crippen LogP contribution in [-0.2, 0) is 9.84 Å². The molecule has 0 amide bonds. The lowest BCUT2D eigenvalue weighted by molar-refractivity contribution is 0.149. The van der Waals surface area contributed by atoms with Crippen molar-refractivity contribution in [1.29, 1.82) is 0 Å². The van der Waals surface area contributed by atoms with Gasteiger partial charge in [0.2, 0.25) is 15.0 Å². The molecule has 0 aromatic heterocycles. The van der Waals surface area contributed by atoms with Gasteiger partial charge in [0.1, 0.15) is 0 Å². The summed E-state index contributed by atoms with van der Waals surface area (Å²) < 4.78 is 39.4. The van der Waals surface area contributed by atoms with Gasteiger partial charge in [-0.25, -0.2) is 8.42 Å². The number of rotatable bonds is 6. The van der Waals surface area contributed by atoms with Crippen molar-refractivity contribution in [3.63, 3.8) is 0 Å². The number of benzene rings is 1. The van der Waals surface area contributed by atoms with Crippen molar-refractivity contribution in [1.82, 2.24) is 0 Å². The third-order valence-electron chi connectivity index (χ3n) is 7.81. The molecule has 2 fully saturated rings. The third-order valence-corrected chi connectivity index (χ3v) is 9.38. The maximum atomic E-state index is 14.6. The average Bonchev–Trinajstić information content (AvgIpc) is 3.21. The molecule has 2 saturated carbocycles. The maximum Gasteiger partial charge on any atom is 0.232 e. The Kier molecular flexibility index (Phi) is 9.71. The van der Waals surface area contributed by atoms with Crippen LogP contribution in [0.5, 0.6) is 0 Å². The van der Waals surface area contributed by atoms with Gasteiger partial charge in [0, 0.05) is 0 Å². The molecule has 35 heavy (non-hydrogen) atoms. The van der Waals surface area contributed by atoms with Crippen LogP contribution in [0.1, 0.15) is 85.0 Å². The van der Waals surface area contributed by atoms with Crippen LogP contribution in [0.4, 0.5) is 4.39 Å². The Morgan fingerprint density at radius 2 is 1.89 bits per heavy atom. The number of sulfone groups is 1. The summed E-state index contributed by atoms with van der Waals surface area (Å²) in [5.74, 6) is 0.466. The van der Waals surface area contributed by atoms with E-state index < -0.39 is 15.0 Å². The molecule has 1 aromatic rings. The molecule has 3 nitrogen and oxygen atoms in total. The molecule has 3 aliphatic rings. The van der Waals surface area contributed by atoms with Crippen molar-refractivity contribution < 1.29 is 17.9 Å². The summed E-state index contributed by atoms with van der Waals surface area (Å²) in [6.07, 6.45) is 17.2. The Bertz CT molecular complexity index is 1080. The van der Waals surface area contributed by atoms with Crippen LogP contribution in [0.2, 0.25) is 0 Å². The second kappa shape index (κ2) is 12.3. The highest BCUT2D eigenvalue weighted by atomic mass is 32.2. The standard InChI is InChI=1S/C28H35FO3S.C2H6/c1-28-19-7-9-22(16-15-21-8-5-11-24(30)20-21)26(28)18-17-23(28)10-6-14-27(29)33(31,32)25-12-3-2-4-13-25;1-2/h2-4,12-17,24,26,30H,5-11,18-20H2,1H3;1-2H3/b21-15-,22-16+,27-14+;/t24?,26?,28-;/m1./s1. The molecule has 1 N–H and O–H groups in total. The van der Waals surface area contributed by atoms with E-state index in [4.69, 9.17) is 0 Å². The molecule has 0 bridgehead atoms. The van der Waals surface area contributed by atoms with Crippen molar-refractivity contribution in [2.75, 3.05) is 0 Å². The van der Waals surface area contributed by atoms with Crippen molar-refractivity contribution in [2.24, 2.45) is 11.3 Å². The fourth-order valence-corrected chi connectivity index (χ4v) is 6.98. The van der Waals surface area contributed by atoms with Gasteiger partial charge in [-0.2, -0.15) is 4.39 Å². The molecule has 5 heteroatoms. The molecule has 1 aromatic carbocycles. The van der Waals surface area contributed by atoms with Crippen LogP contribution in [0.15, 0.2) is 81.4 Å². The highest BCUT2D eigenvalue weighted by molar-refractivity contribution is 7.95. The number of fused-ring (bicyclic) bond motifs is 1. The topological polar surface area (TPSA) is 54.4 Å². The molecule has 0 saturated heterocycles. The molecule has 3 aliphatic carbocycles. The second-order valence-electron chi connectivity index (χ2n) is 9.97. The lowest BCUT2D eigenvalue weighted by atomic mass is 9.63. The molecule has 192 valence electrons. The third kappa shape index (κ3) is 6.42. The molecule has 2 unspecified atom stereocenters. The predicted octanol–water partition coefficient (Wildman–Crippen LogP) is 8.00. The largest absolute Gasteiger partial charge is 0.393 e. The van der Waals surface area contributed by atoms with Crippen LogP contribution < -0.4 is 0 Å². The average molecular weight is 501 g/mol. The van der Waals surface area contributed by atoms with Crippen LogP contribution in [0.3, 0.4) is 0 Å². The first kappa shape index (κ1) is 27.6. The van der Waals surface area contributed by atoms with Crippen molar-refractivity contribution in [2.45, 2.75) is 96.0 Å². The van der Waals surface area contributed by atoms with Gasteiger partial charge < -0.3 is 5.11 Å². The summed E-state index contributed by atoms with van der Waals surface area (Å²) in [7, 11) is -4.06. The predicted molar refractivity (Wildman–Crippen MR) is 142 cm³/mol. The highest BCUT2D eigenvalue weighted by Crippen LogP contribution is 2.55. The summed E-state index contributed by atoms with van der Waals surface area (Å²) in [5, 5.41) is 8.88. The van der Waals surface area contributed by atoms with Gasteiger partial charge in [0.15, 0.2) is 0 Å². The lowest BCUT2D eigenvalue weighted by Gasteiger charge is -2.41. The monoisotopic (exact) mass is 500 g/mol. The summed E-state index contributed by atoms with van der Waals surface area (Å²) in [6.45, 7) is 6.32. The van der Waals surface area contributed by atoms with E-state index in [2.05, 4.69) is 25.2 Å². The summed E-state index contributed by atoms with van der Waals surface area (Å²) >= 11 is 0. The lowest BCUT2D eigenvalue weighted by Crippen LogP contribution is -2.30. The first-order valence-corrected chi connectivity index (χ1v) is 14.7. The number of aliphatic hydroxyl groups is 1. The van der Waals surface area contributed by atoms with Gasteiger partial charge in [-0.3, -0.25) is 0 Å². The number of halogens is 1. The van der Waals surface area contributed by atoms with Crippen LogP contribution in [0.25, 0.3) is 0 Å². The van der Waals surface area contributed by atoms with Gasteiger partial charge in [0.25, 0.3) is 0 Å². The zero-order chi connectivity index (χ0) is 25.5. The SMILES string of the molecule is CC.C[C@]12CCC/C(=C\C=C3\CCCC(O)C3)C1CC=C2CC/C=C(\F)S(=O)(=O)c1ccccc1. The van der Waals surface area contributed by atoms with Gasteiger partial charge in [-0.15, -0.1) is 0 Å². The molecule has 0 heterocycles. The van der Waals surface area contributed by atoms with E-state index in [0.717, 1.165) is 51.4 Å². The first-order valence-electron chi connectivity index (χ1n) is 13.2. The molecule has 0 aliphatic heterocycles. The van der Waals surface area contributed by atoms with Crippen LogP contribution >= 0.6 is 0 Å². The van der Waals surface area contributed by atoms with Crippen LogP contribution in [0, 0.1) is 11.3 Å². The second-order valence-corrected chi connectivity index (χ2v) is 11.8. The molecule has 0 spiro atoms. The summed E-state index contributed by atoms with van der Waals surface area (Å²) in [4.78, 5) is -0.00692. The zero-order valence-corrected chi connectivity index (χ0v) is 22.3. The van der Waals surface area contributed by atoms with Crippen molar-refractivity contribution in [3.8, 4) is 0 Å². The highest BCUT2D eigenvalue weighted by Gasteiger charge is 2.44. The molecular formula is C30H41FO3S. The Morgan fingerprint density at radius 3 is 2.60 bits per heavy atom. The minimum Gasteiger partial charge on any atom is -0.393 e. The van der Waals surface area contributed by atoms with E-state index in [1.165, 1.54) is 34.9 Å². The number of hydrogen-bond donors (Lipinski definition) is 1. The minimum absolute atomic E-state index is 0.00692. The number of hydrogen-bond acceptors (Lipinski definition) is 3. The quantitative estimate of drug-likeness (QED) is 0.403. The Hall–Kier alpha value is -1.98. The summed E-state index contributed by atoms with van der Waals surface area (Å²) in [5.41, 5.74) is 4.23. The molecule has 3 atom stereocenters. The van der Waals surface area contributed by atoms with Crippen molar-refractivity contribution in [3.05, 3.63) is 76.5 Å². The van der Waals surface area contributed by atoms with E-state index in [9.17, 15) is 17.9 Å². The van der Waals surface area contributed by atoms with E-state index >= 15 is 0 Å². The summed E-state index contributed by atoms with van der Waals surface area (Å²) in [6, 6.07) is 7.77. The Balaban J connectivity index is 0.00000167. The Morgan fingerprint density at radius 1 is 1.14 bits per heavy atom. The smallest absolute Gasteiger partial charge is 0.232 e. The molecule has 4 rings (SSSR count). The van der Waals surface area contributed by atoms with E-state index in [0.29, 0.717) is 18.8 Å².